The third-order valence-corrected chi connectivity index (χ3v) is 3.16. The Balaban J connectivity index is 2.34. The summed E-state index contributed by atoms with van der Waals surface area (Å²) in [5, 5.41) is 8.81. The lowest BCUT2D eigenvalue weighted by atomic mass is 10.2. The van der Waals surface area contributed by atoms with Crippen molar-refractivity contribution in [3.8, 4) is 0 Å². The summed E-state index contributed by atoms with van der Waals surface area (Å²) < 4.78 is 0. The van der Waals surface area contributed by atoms with Gasteiger partial charge in [-0.15, -0.1) is 11.6 Å². The van der Waals surface area contributed by atoms with Crippen LogP contribution < -0.4 is 4.90 Å². The number of amides is 1. The highest BCUT2D eigenvalue weighted by Gasteiger charge is 2.30. The van der Waals surface area contributed by atoms with E-state index in [0.717, 1.165) is 0 Å². The number of carboxylic acids is 1. The van der Waals surface area contributed by atoms with Crippen molar-refractivity contribution in [3.63, 3.8) is 0 Å². The molecule has 1 aliphatic heterocycles. The zero-order chi connectivity index (χ0) is 12.6. The maximum absolute atomic E-state index is 11.6. The van der Waals surface area contributed by atoms with Gasteiger partial charge in [0.1, 0.15) is 0 Å². The number of carbonyl (C=O) groups is 2. The first-order valence-electron chi connectivity index (χ1n) is 4.96. The first kappa shape index (κ1) is 12.2. The van der Waals surface area contributed by atoms with E-state index in [1.54, 1.807) is 0 Å². The largest absolute Gasteiger partial charge is 0.478 e. The summed E-state index contributed by atoms with van der Waals surface area (Å²) in [7, 11) is 0. The Morgan fingerprint density at radius 1 is 1.47 bits per heavy atom. The highest BCUT2D eigenvalue weighted by atomic mass is 35.5. The summed E-state index contributed by atoms with van der Waals surface area (Å²) in [6.07, 6.45) is 0.276. The molecule has 6 heteroatoms. The zero-order valence-corrected chi connectivity index (χ0v) is 10.2. The number of alkyl halides is 1. The standard InChI is InChI=1S/C11H9Cl2NO3/c12-7-4-10(15)14(5-7)9-2-1-6(11(16)17)3-8(9)13/h1-3,7H,4-5H2,(H,16,17). The second-order valence-electron chi connectivity index (χ2n) is 3.78. The quantitative estimate of drug-likeness (QED) is 0.842. The van der Waals surface area contributed by atoms with Crippen LogP contribution >= 0.6 is 23.2 Å². The molecule has 1 heterocycles. The molecule has 1 atom stereocenters. The van der Waals surface area contributed by atoms with Crippen molar-refractivity contribution in [1.82, 2.24) is 0 Å². The lowest BCUT2D eigenvalue weighted by Crippen LogP contribution is -2.25. The maximum atomic E-state index is 11.6. The van der Waals surface area contributed by atoms with Crippen LogP contribution in [0.5, 0.6) is 0 Å². The van der Waals surface area contributed by atoms with Crippen LogP contribution in [0.3, 0.4) is 0 Å². The van der Waals surface area contributed by atoms with Gasteiger partial charge in [-0.1, -0.05) is 11.6 Å². The van der Waals surface area contributed by atoms with E-state index >= 15 is 0 Å². The summed E-state index contributed by atoms with van der Waals surface area (Å²) in [6, 6.07) is 4.27. The van der Waals surface area contributed by atoms with Crippen LogP contribution in [0.15, 0.2) is 18.2 Å². The Hall–Kier alpha value is -1.26. The van der Waals surface area contributed by atoms with Gasteiger partial charge in [0.05, 0.1) is 21.7 Å². The van der Waals surface area contributed by atoms with Crippen molar-refractivity contribution < 1.29 is 14.7 Å². The van der Waals surface area contributed by atoms with Crippen molar-refractivity contribution >= 4 is 40.8 Å². The smallest absolute Gasteiger partial charge is 0.335 e. The van der Waals surface area contributed by atoms with Gasteiger partial charge in [0.15, 0.2) is 0 Å². The average Bonchev–Trinajstić information content (AvgIpc) is 2.57. The van der Waals surface area contributed by atoms with Crippen LogP contribution in [0.2, 0.25) is 5.02 Å². The Morgan fingerprint density at radius 2 is 2.18 bits per heavy atom. The highest BCUT2D eigenvalue weighted by Crippen LogP contribution is 2.31. The van der Waals surface area contributed by atoms with Gasteiger partial charge in [0, 0.05) is 13.0 Å². The number of carbonyl (C=O) groups excluding carboxylic acids is 1. The highest BCUT2D eigenvalue weighted by molar-refractivity contribution is 6.34. The molecule has 1 N–H and O–H groups in total. The molecule has 0 radical (unpaired) electrons. The second-order valence-corrected chi connectivity index (χ2v) is 4.80. The Labute approximate surface area is 108 Å². The number of nitrogens with zero attached hydrogens (tertiary/aromatic N) is 1. The predicted octanol–water partition coefficient (Wildman–Crippen LogP) is 2.38. The molecule has 1 aliphatic rings. The fraction of sp³-hybridized carbons (Fsp3) is 0.273. The fourth-order valence-corrected chi connectivity index (χ4v) is 2.31. The van der Waals surface area contributed by atoms with E-state index in [1.807, 2.05) is 0 Å². The molecule has 1 aromatic carbocycles. The number of carboxylic acid groups (broad SMARTS) is 1. The van der Waals surface area contributed by atoms with Crippen molar-refractivity contribution in [2.75, 3.05) is 11.4 Å². The Kier molecular flexibility index (Phi) is 3.26. The number of hydrogen-bond acceptors (Lipinski definition) is 2. The van der Waals surface area contributed by atoms with Crippen LogP contribution in [0.25, 0.3) is 0 Å². The third kappa shape index (κ3) is 2.37. The van der Waals surface area contributed by atoms with Crippen LogP contribution in [-0.2, 0) is 4.79 Å². The molecule has 1 saturated heterocycles. The minimum Gasteiger partial charge on any atom is -0.478 e. The van der Waals surface area contributed by atoms with Crippen molar-refractivity contribution in [1.29, 1.82) is 0 Å². The van der Waals surface area contributed by atoms with Crippen LogP contribution in [-0.4, -0.2) is 28.9 Å². The number of rotatable bonds is 2. The summed E-state index contributed by atoms with van der Waals surface area (Å²) in [5.41, 5.74) is 0.595. The van der Waals surface area contributed by atoms with Gasteiger partial charge in [-0.2, -0.15) is 0 Å². The minimum atomic E-state index is -1.05. The molecule has 0 saturated carbocycles. The topological polar surface area (TPSA) is 57.6 Å². The van der Waals surface area contributed by atoms with Gasteiger partial charge in [-0.3, -0.25) is 4.79 Å². The van der Waals surface area contributed by atoms with Gasteiger partial charge in [-0.05, 0) is 18.2 Å². The Morgan fingerprint density at radius 3 is 2.65 bits per heavy atom. The van der Waals surface area contributed by atoms with Crippen molar-refractivity contribution in [2.24, 2.45) is 0 Å². The first-order valence-corrected chi connectivity index (χ1v) is 5.77. The van der Waals surface area contributed by atoms with Gasteiger partial charge < -0.3 is 10.0 Å². The van der Waals surface area contributed by atoms with Gasteiger partial charge >= 0.3 is 5.97 Å². The monoisotopic (exact) mass is 273 g/mol. The summed E-state index contributed by atoms with van der Waals surface area (Å²) in [6.45, 7) is 0.395. The van der Waals surface area contributed by atoms with E-state index in [0.29, 0.717) is 12.2 Å². The fourth-order valence-electron chi connectivity index (χ4n) is 1.76. The van der Waals surface area contributed by atoms with Crippen LogP contribution in [0.4, 0.5) is 5.69 Å². The van der Waals surface area contributed by atoms with E-state index in [9.17, 15) is 9.59 Å². The van der Waals surface area contributed by atoms with E-state index in [1.165, 1.54) is 23.1 Å². The molecule has 1 unspecified atom stereocenters. The first-order chi connectivity index (χ1) is 7.99. The summed E-state index contributed by atoms with van der Waals surface area (Å²) >= 11 is 11.9. The van der Waals surface area contributed by atoms with Gasteiger partial charge in [-0.25, -0.2) is 4.79 Å². The second kappa shape index (κ2) is 4.55. The number of anilines is 1. The zero-order valence-electron chi connectivity index (χ0n) is 8.69. The SMILES string of the molecule is O=C(O)c1ccc(N2CC(Cl)CC2=O)c(Cl)c1. The molecule has 1 fully saturated rings. The lowest BCUT2D eigenvalue weighted by Gasteiger charge is -2.17. The minimum absolute atomic E-state index is 0.0906. The van der Waals surface area contributed by atoms with E-state index in [-0.39, 0.29) is 28.3 Å². The average molecular weight is 274 g/mol. The molecule has 0 spiro atoms. The molecule has 1 aromatic rings. The molecular formula is C11H9Cl2NO3. The maximum Gasteiger partial charge on any atom is 0.335 e. The molecular weight excluding hydrogens is 265 g/mol. The van der Waals surface area contributed by atoms with Crippen LogP contribution in [0.1, 0.15) is 16.8 Å². The van der Waals surface area contributed by atoms with Crippen molar-refractivity contribution in [2.45, 2.75) is 11.8 Å². The van der Waals surface area contributed by atoms with Gasteiger partial charge in [0.25, 0.3) is 0 Å². The van der Waals surface area contributed by atoms with Gasteiger partial charge in [0.2, 0.25) is 5.91 Å². The molecule has 0 aromatic heterocycles. The normalized spacial score (nSPS) is 19.8. The molecule has 2 rings (SSSR count). The van der Waals surface area contributed by atoms with E-state index < -0.39 is 5.97 Å². The summed E-state index contributed by atoms with van der Waals surface area (Å²) in [4.78, 5) is 23.8. The lowest BCUT2D eigenvalue weighted by molar-refractivity contribution is -0.117. The number of aromatic carboxylic acids is 1. The molecule has 90 valence electrons. The number of hydrogen-bond donors (Lipinski definition) is 1. The van der Waals surface area contributed by atoms with Crippen LogP contribution in [0, 0.1) is 0 Å². The molecule has 17 heavy (non-hydrogen) atoms. The number of benzene rings is 1. The molecule has 0 bridgehead atoms. The Bertz CT molecular complexity index is 490. The summed E-state index contributed by atoms with van der Waals surface area (Å²) in [5.74, 6) is -1.16. The van der Waals surface area contributed by atoms with Crippen molar-refractivity contribution in [3.05, 3.63) is 28.8 Å². The third-order valence-electron chi connectivity index (χ3n) is 2.56. The predicted molar refractivity (Wildman–Crippen MR) is 65.0 cm³/mol. The number of halogens is 2. The molecule has 4 nitrogen and oxygen atoms in total. The van der Waals surface area contributed by atoms with E-state index in [4.69, 9.17) is 28.3 Å². The molecule has 1 amide bonds. The molecule has 0 aliphatic carbocycles. The van der Waals surface area contributed by atoms with E-state index in [2.05, 4.69) is 0 Å².